The maximum absolute atomic E-state index is 4.26. The predicted molar refractivity (Wildman–Crippen MR) is 71.0 cm³/mol. The summed E-state index contributed by atoms with van der Waals surface area (Å²) in [4.78, 5) is 4.25. The predicted octanol–water partition coefficient (Wildman–Crippen LogP) is 3.14. The molecule has 0 saturated carbocycles. The van der Waals surface area contributed by atoms with E-state index in [0.717, 1.165) is 11.3 Å². The van der Waals surface area contributed by atoms with Crippen molar-refractivity contribution in [2.45, 2.75) is 0 Å². The van der Waals surface area contributed by atoms with Gasteiger partial charge in [-0.05, 0) is 12.1 Å². The normalized spacial score (nSPS) is 8.38. The van der Waals surface area contributed by atoms with Gasteiger partial charge in [-0.2, -0.15) is 3.84 Å². The first-order chi connectivity index (χ1) is 7.38. The second-order valence-electron chi connectivity index (χ2n) is 2.64. The second kappa shape index (κ2) is 9.64. The molecule has 2 aromatic rings. The third-order valence-corrected chi connectivity index (χ3v) is 1.73. The number of nitrogens with zero attached hydrogens (tertiary/aromatic N) is 1. The Kier molecular flexibility index (Phi) is 9.30. The van der Waals surface area contributed by atoms with Gasteiger partial charge in [0, 0.05) is 11.8 Å². The largest absolute Gasteiger partial charge is 0.256 e. The van der Waals surface area contributed by atoms with E-state index in [9.17, 15) is 0 Å². The SMILES string of the molecule is ClOCl.[SeH2].c1ccc(-c2ccccn2)cc1. The van der Waals surface area contributed by atoms with Gasteiger partial charge in [-0.15, -0.1) is 0 Å². The molecule has 0 bridgehead atoms. The summed E-state index contributed by atoms with van der Waals surface area (Å²) in [5, 5.41) is 0. The van der Waals surface area contributed by atoms with Crippen LogP contribution in [0.4, 0.5) is 0 Å². The van der Waals surface area contributed by atoms with Crippen LogP contribution in [0.3, 0.4) is 0 Å². The molecule has 2 rings (SSSR count). The molecule has 0 aliphatic heterocycles. The van der Waals surface area contributed by atoms with Gasteiger partial charge in [0.2, 0.25) is 0 Å². The quantitative estimate of drug-likeness (QED) is 0.752. The van der Waals surface area contributed by atoms with E-state index in [1.54, 1.807) is 0 Å². The van der Waals surface area contributed by atoms with Gasteiger partial charge in [0.25, 0.3) is 0 Å². The Morgan fingerprint density at radius 2 is 1.44 bits per heavy atom. The molecule has 0 amide bonds. The van der Waals surface area contributed by atoms with Crippen molar-refractivity contribution in [2.75, 3.05) is 0 Å². The van der Waals surface area contributed by atoms with Crippen molar-refractivity contribution in [3.8, 4) is 11.3 Å². The Hall–Kier alpha value is -0.571. The first-order valence-corrected chi connectivity index (χ1v) is 4.86. The van der Waals surface area contributed by atoms with Crippen LogP contribution in [0.5, 0.6) is 0 Å². The Morgan fingerprint density at radius 3 is 1.94 bits per heavy atom. The van der Waals surface area contributed by atoms with E-state index >= 15 is 0 Å². The van der Waals surface area contributed by atoms with Crippen LogP contribution in [0.25, 0.3) is 11.3 Å². The van der Waals surface area contributed by atoms with Crippen molar-refractivity contribution in [3.05, 3.63) is 54.7 Å². The second-order valence-corrected chi connectivity index (χ2v) is 3.11. The molecular weight excluding hydrogens is 312 g/mol. The molecule has 16 heavy (non-hydrogen) atoms. The van der Waals surface area contributed by atoms with Gasteiger partial charge in [0.1, 0.15) is 0 Å². The minimum Gasteiger partial charge on any atom is -0.256 e. The number of halogens is 2. The monoisotopic (exact) mass is 323 g/mol. The molecule has 0 radical (unpaired) electrons. The van der Waals surface area contributed by atoms with Crippen LogP contribution in [0, 0.1) is 0 Å². The molecule has 0 N–H and O–H groups in total. The zero-order valence-corrected chi connectivity index (χ0v) is 11.9. The number of aromatic nitrogens is 1. The zero-order chi connectivity index (χ0) is 10.9. The summed E-state index contributed by atoms with van der Waals surface area (Å²) in [6, 6.07) is 16.1. The third-order valence-electron chi connectivity index (χ3n) is 1.73. The number of rotatable bonds is 1. The molecule has 1 heterocycles. The maximum Gasteiger partial charge on any atom is 0.0701 e. The molecule has 0 aliphatic rings. The molecule has 0 saturated heterocycles. The molecule has 1 aromatic heterocycles. The van der Waals surface area contributed by atoms with Crippen molar-refractivity contribution >= 4 is 40.8 Å². The van der Waals surface area contributed by atoms with Gasteiger partial charge in [-0.3, -0.25) is 4.98 Å². The number of hydrogen-bond donors (Lipinski definition) is 0. The van der Waals surface area contributed by atoms with Crippen LogP contribution in [0.15, 0.2) is 54.7 Å². The van der Waals surface area contributed by atoms with Gasteiger partial charge in [-0.1, -0.05) is 36.4 Å². The Labute approximate surface area is 115 Å². The number of pyridine rings is 1. The van der Waals surface area contributed by atoms with E-state index in [1.807, 2.05) is 42.6 Å². The molecule has 0 fully saturated rings. The van der Waals surface area contributed by atoms with E-state index in [4.69, 9.17) is 0 Å². The van der Waals surface area contributed by atoms with Crippen molar-refractivity contribution in [1.82, 2.24) is 4.98 Å². The topological polar surface area (TPSA) is 22.1 Å². The van der Waals surface area contributed by atoms with E-state index < -0.39 is 0 Å². The van der Waals surface area contributed by atoms with Crippen LogP contribution in [-0.4, -0.2) is 22.1 Å². The Balaban J connectivity index is 0.000000511. The fourth-order valence-electron chi connectivity index (χ4n) is 1.14. The van der Waals surface area contributed by atoms with Gasteiger partial charge in [0.15, 0.2) is 0 Å². The minimum atomic E-state index is 0. The molecule has 0 unspecified atom stereocenters. The van der Waals surface area contributed by atoms with E-state index in [-0.39, 0.29) is 17.1 Å². The molecule has 5 heteroatoms. The van der Waals surface area contributed by atoms with Gasteiger partial charge in [0.05, 0.1) is 29.4 Å². The first kappa shape index (κ1) is 15.4. The van der Waals surface area contributed by atoms with E-state index in [1.165, 1.54) is 0 Å². The Morgan fingerprint density at radius 1 is 0.875 bits per heavy atom. The zero-order valence-electron chi connectivity index (χ0n) is 8.31. The fraction of sp³-hybridized carbons (Fsp3) is 0. The summed E-state index contributed by atoms with van der Waals surface area (Å²) < 4.78 is 3.19. The summed E-state index contributed by atoms with van der Waals surface area (Å²) in [6.07, 6.45) is 1.81. The average Bonchev–Trinajstić information content (AvgIpc) is 2.32. The van der Waals surface area contributed by atoms with Crippen molar-refractivity contribution in [1.29, 1.82) is 0 Å². The molecule has 0 atom stereocenters. The van der Waals surface area contributed by atoms with Gasteiger partial charge >= 0.3 is 17.1 Å². The summed E-state index contributed by atoms with van der Waals surface area (Å²) in [7, 11) is 0. The standard InChI is InChI=1S/C11H9N.Cl2O.H2Se/c1-2-6-10(7-3-1)11-8-4-5-9-12-11;1-3-2;/h1-9H;;1H2. The molecular formula is C11H11Cl2NOSe. The van der Waals surface area contributed by atoms with E-state index in [0.29, 0.717) is 0 Å². The smallest absolute Gasteiger partial charge is 0.0701 e. The molecule has 0 aliphatic carbocycles. The number of benzene rings is 1. The van der Waals surface area contributed by atoms with Crippen LogP contribution < -0.4 is 0 Å². The van der Waals surface area contributed by atoms with Crippen LogP contribution >= 0.6 is 23.7 Å². The molecule has 1 aromatic carbocycles. The van der Waals surface area contributed by atoms with Crippen LogP contribution in [0.1, 0.15) is 0 Å². The molecule has 0 spiro atoms. The van der Waals surface area contributed by atoms with Crippen LogP contribution in [-0.2, 0) is 3.84 Å². The van der Waals surface area contributed by atoms with Crippen LogP contribution in [0.2, 0.25) is 0 Å². The van der Waals surface area contributed by atoms with Gasteiger partial charge in [-0.25, -0.2) is 0 Å². The van der Waals surface area contributed by atoms with E-state index in [2.05, 4.69) is 44.7 Å². The minimum absolute atomic E-state index is 0. The summed E-state index contributed by atoms with van der Waals surface area (Å²) >= 11 is 8.53. The van der Waals surface area contributed by atoms with Crippen molar-refractivity contribution in [3.63, 3.8) is 0 Å². The molecule has 2 nitrogen and oxygen atoms in total. The summed E-state index contributed by atoms with van der Waals surface area (Å²) in [5.74, 6) is 0. The molecule has 86 valence electrons. The number of hydrogen-bond acceptors (Lipinski definition) is 2. The summed E-state index contributed by atoms with van der Waals surface area (Å²) in [6.45, 7) is 0. The third kappa shape index (κ3) is 5.50. The first-order valence-electron chi connectivity index (χ1n) is 4.24. The Bertz CT molecular complexity index is 335. The van der Waals surface area contributed by atoms with Crippen molar-refractivity contribution in [2.24, 2.45) is 0 Å². The average molecular weight is 323 g/mol. The van der Waals surface area contributed by atoms with Crippen molar-refractivity contribution < 1.29 is 3.84 Å². The fourth-order valence-corrected chi connectivity index (χ4v) is 1.14. The maximum atomic E-state index is 4.26. The van der Waals surface area contributed by atoms with Gasteiger partial charge < -0.3 is 0 Å². The summed E-state index contributed by atoms with van der Waals surface area (Å²) in [5.41, 5.74) is 2.19.